The Morgan fingerprint density at radius 2 is 2.14 bits per heavy atom. The highest BCUT2D eigenvalue weighted by Crippen LogP contribution is 2.42. The van der Waals surface area contributed by atoms with Gasteiger partial charge >= 0.3 is 0 Å². The van der Waals surface area contributed by atoms with Crippen molar-refractivity contribution in [2.45, 2.75) is 58.5 Å². The first kappa shape index (κ1) is 14.6. The Hall–Kier alpha value is -1.35. The van der Waals surface area contributed by atoms with Crippen molar-refractivity contribution in [3.63, 3.8) is 0 Å². The number of imidazole rings is 1. The molecule has 2 unspecified atom stereocenters. The number of hydrogen-bond acceptors (Lipinski definition) is 2. The molecular weight excluding hydrogens is 258 g/mol. The minimum absolute atomic E-state index is 0.417. The molecule has 3 heteroatoms. The number of hydrogen-bond donors (Lipinski definition) is 1. The summed E-state index contributed by atoms with van der Waals surface area (Å²) >= 11 is 0. The normalized spacial score (nSPS) is 25.3. The van der Waals surface area contributed by atoms with E-state index in [-0.39, 0.29) is 0 Å². The number of nitrogens with one attached hydrogen (secondary N) is 1. The Labute approximate surface area is 127 Å². The lowest BCUT2D eigenvalue weighted by Crippen LogP contribution is -2.44. The third-order valence-corrected chi connectivity index (χ3v) is 4.85. The molecule has 0 aliphatic heterocycles. The molecule has 1 N–H and O–H groups in total. The fourth-order valence-electron chi connectivity index (χ4n) is 3.65. The average Bonchev–Trinajstić information content (AvgIpc) is 2.89. The van der Waals surface area contributed by atoms with Gasteiger partial charge in [-0.2, -0.15) is 0 Å². The van der Waals surface area contributed by atoms with Crippen LogP contribution in [0.5, 0.6) is 0 Å². The van der Waals surface area contributed by atoms with E-state index in [4.69, 9.17) is 0 Å². The quantitative estimate of drug-likeness (QED) is 0.914. The molecular formula is C18H27N3. The molecule has 1 heterocycles. The molecule has 0 saturated heterocycles. The molecule has 21 heavy (non-hydrogen) atoms. The summed E-state index contributed by atoms with van der Waals surface area (Å²) in [6.07, 6.45) is 7.01. The molecule has 0 radical (unpaired) electrons. The summed E-state index contributed by atoms with van der Waals surface area (Å²) in [4.78, 5) is 4.59. The molecule has 1 aliphatic carbocycles. The molecule has 1 fully saturated rings. The van der Waals surface area contributed by atoms with Gasteiger partial charge in [0.2, 0.25) is 0 Å². The van der Waals surface area contributed by atoms with Gasteiger partial charge in [-0.05, 0) is 49.8 Å². The van der Waals surface area contributed by atoms with Crippen LogP contribution in [-0.2, 0) is 0 Å². The van der Waals surface area contributed by atoms with Crippen LogP contribution in [0, 0.1) is 5.41 Å². The van der Waals surface area contributed by atoms with Gasteiger partial charge in [0.1, 0.15) is 0 Å². The van der Waals surface area contributed by atoms with Crippen molar-refractivity contribution >= 4 is 11.0 Å². The van der Waals surface area contributed by atoms with Crippen LogP contribution in [0.15, 0.2) is 30.6 Å². The van der Waals surface area contributed by atoms with Gasteiger partial charge in [0.05, 0.1) is 23.4 Å². The molecule has 2 atom stereocenters. The largest absolute Gasteiger partial charge is 0.326 e. The first-order valence-electron chi connectivity index (χ1n) is 8.26. The number of benzene rings is 1. The molecule has 1 aromatic heterocycles. The third kappa shape index (κ3) is 2.98. The Morgan fingerprint density at radius 1 is 1.33 bits per heavy atom. The Balaban J connectivity index is 1.94. The van der Waals surface area contributed by atoms with Crippen molar-refractivity contribution in [1.29, 1.82) is 0 Å². The van der Waals surface area contributed by atoms with E-state index >= 15 is 0 Å². The van der Waals surface area contributed by atoms with Gasteiger partial charge in [-0.15, -0.1) is 0 Å². The van der Waals surface area contributed by atoms with Crippen LogP contribution >= 0.6 is 0 Å². The van der Waals surface area contributed by atoms with E-state index in [2.05, 4.69) is 59.9 Å². The van der Waals surface area contributed by atoms with Crippen LogP contribution in [0.2, 0.25) is 0 Å². The van der Waals surface area contributed by atoms with E-state index in [9.17, 15) is 0 Å². The maximum absolute atomic E-state index is 4.59. The van der Waals surface area contributed by atoms with Crippen molar-refractivity contribution in [1.82, 2.24) is 14.9 Å². The number of para-hydroxylation sites is 2. The number of aromatic nitrogens is 2. The lowest BCUT2D eigenvalue weighted by Gasteiger charge is -2.42. The van der Waals surface area contributed by atoms with Crippen LogP contribution in [0.3, 0.4) is 0 Å². The molecule has 1 aliphatic rings. The summed E-state index contributed by atoms with van der Waals surface area (Å²) < 4.78 is 2.41. The monoisotopic (exact) mass is 285 g/mol. The van der Waals surface area contributed by atoms with E-state index in [0.29, 0.717) is 17.5 Å². The van der Waals surface area contributed by atoms with Crippen molar-refractivity contribution in [2.24, 2.45) is 5.41 Å². The molecule has 0 spiro atoms. The van der Waals surface area contributed by atoms with Gasteiger partial charge in [-0.3, -0.25) is 0 Å². The van der Waals surface area contributed by atoms with E-state index in [0.717, 1.165) is 12.1 Å². The van der Waals surface area contributed by atoms with Crippen molar-refractivity contribution < 1.29 is 0 Å². The second-order valence-corrected chi connectivity index (χ2v) is 7.18. The fraction of sp³-hybridized carbons (Fsp3) is 0.611. The van der Waals surface area contributed by atoms with Gasteiger partial charge < -0.3 is 9.88 Å². The first-order chi connectivity index (χ1) is 10.1. The average molecular weight is 285 g/mol. The predicted octanol–water partition coefficient (Wildman–Crippen LogP) is 4.16. The number of rotatable bonds is 4. The molecule has 0 bridgehead atoms. The zero-order valence-corrected chi connectivity index (χ0v) is 13.5. The molecule has 114 valence electrons. The highest BCUT2D eigenvalue weighted by atomic mass is 15.1. The molecule has 2 aromatic rings. The van der Waals surface area contributed by atoms with Gasteiger partial charge in [0.25, 0.3) is 0 Å². The van der Waals surface area contributed by atoms with E-state index in [1.54, 1.807) is 0 Å². The van der Waals surface area contributed by atoms with Gasteiger partial charge in [0.15, 0.2) is 0 Å². The van der Waals surface area contributed by atoms with Crippen LogP contribution in [-0.4, -0.2) is 22.1 Å². The standard InChI is InChI=1S/C18H27N3/c1-4-11-19-15-9-10-18(2,3)12-17(15)21-13-20-14-7-5-6-8-16(14)21/h5-8,13,15,17,19H,4,9-12H2,1-3H3. The topological polar surface area (TPSA) is 29.9 Å². The second kappa shape index (κ2) is 5.80. The lowest BCUT2D eigenvalue weighted by molar-refractivity contribution is 0.145. The van der Waals surface area contributed by atoms with E-state index in [1.165, 1.54) is 31.2 Å². The van der Waals surface area contributed by atoms with Crippen molar-refractivity contribution in [3.8, 4) is 0 Å². The second-order valence-electron chi connectivity index (χ2n) is 7.18. The maximum atomic E-state index is 4.59. The minimum atomic E-state index is 0.417. The first-order valence-corrected chi connectivity index (χ1v) is 8.26. The summed E-state index contributed by atoms with van der Waals surface area (Å²) in [6.45, 7) is 8.14. The minimum Gasteiger partial charge on any atom is -0.326 e. The maximum Gasteiger partial charge on any atom is 0.0961 e. The lowest BCUT2D eigenvalue weighted by atomic mass is 9.72. The van der Waals surface area contributed by atoms with Crippen LogP contribution in [0.4, 0.5) is 0 Å². The highest BCUT2D eigenvalue weighted by molar-refractivity contribution is 5.75. The van der Waals surface area contributed by atoms with Gasteiger partial charge in [0, 0.05) is 6.04 Å². The summed E-state index contributed by atoms with van der Waals surface area (Å²) in [5.74, 6) is 0. The number of nitrogens with zero attached hydrogens (tertiary/aromatic N) is 2. The number of fused-ring (bicyclic) bond motifs is 1. The van der Waals surface area contributed by atoms with Gasteiger partial charge in [-0.1, -0.05) is 32.9 Å². The third-order valence-electron chi connectivity index (χ3n) is 4.85. The SMILES string of the molecule is CCCNC1CCC(C)(C)CC1n1cnc2ccccc21. The van der Waals surface area contributed by atoms with Gasteiger partial charge in [-0.25, -0.2) is 4.98 Å². The summed E-state index contributed by atoms with van der Waals surface area (Å²) in [6, 6.07) is 9.55. The Bertz CT molecular complexity index is 599. The van der Waals surface area contributed by atoms with Crippen LogP contribution < -0.4 is 5.32 Å². The van der Waals surface area contributed by atoms with Crippen molar-refractivity contribution in [3.05, 3.63) is 30.6 Å². The van der Waals surface area contributed by atoms with Crippen LogP contribution in [0.1, 0.15) is 52.5 Å². The van der Waals surface area contributed by atoms with Crippen molar-refractivity contribution in [2.75, 3.05) is 6.54 Å². The highest BCUT2D eigenvalue weighted by Gasteiger charge is 2.36. The van der Waals surface area contributed by atoms with E-state index in [1.807, 2.05) is 6.33 Å². The fourth-order valence-corrected chi connectivity index (χ4v) is 3.65. The summed E-state index contributed by atoms with van der Waals surface area (Å²) in [7, 11) is 0. The van der Waals surface area contributed by atoms with Crippen LogP contribution in [0.25, 0.3) is 11.0 Å². The summed E-state index contributed by atoms with van der Waals surface area (Å²) in [5, 5.41) is 3.76. The Kier molecular flexibility index (Phi) is 4.03. The zero-order valence-electron chi connectivity index (χ0n) is 13.5. The predicted molar refractivity (Wildman–Crippen MR) is 88.5 cm³/mol. The molecule has 3 nitrogen and oxygen atoms in total. The molecule has 1 saturated carbocycles. The molecule has 3 rings (SSSR count). The molecule has 1 aromatic carbocycles. The summed E-state index contributed by atoms with van der Waals surface area (Å²) in [5.41, 5.74) is 2.79. The smallest absolute Gasteiger partial charge is 0.0961 e. The zero-order chi connectivity index (χ0) is 14.9. The van der Waals surface area contributed by atoms with E-state index < -0.39 is 0 Å². The molecule has 0 amide bonds. The Morgan fingerprint density at radius 3 is 2.95 bits per heavy atom.